The van der Waals surface area contributed by atoms with Crippen LogP contribution in [0.25, 0.3) is 0 Å². The Morgan fingerprint density at radius 3 is 2.12 bits per heavy atom. The zero-order chi connectivity index (χ0) is 6.78. The molecule has 0 rings (SSSR count). The number of rotatable bonds is 2. The fourth-order valence-corrected chi connectivity index (χ4v) is 0.236. The summed E-state index contributed by atoms with van der Waals surface area (Å²) in [5, 5.41) is 14.7. The van der Waals surface area contributed by atoms with Crippen molar-refractivity contribution in [3.63, 3.8) is 0 Å². The fourth-order valence-electron chi connectivity index (χ4n) is 0.167. The quantitative estimate of drug-likeness (QED) is 0.577. The minimum absolute atomic E-state index is 0.321. The van der Waals surface area contributed by atoms with Gasteiger partial charge in [-0.05, 0) is 6.92 Å². The molecule has 0 saturated carbocycles. The average molecular weight is 159 g/mol. The standard InChI is InChI=1S/C4H8Cl2O2/c1-4(6,8)3(5)2-7/h3,7-8H,2H2,1H3. The van der Waals surface area contributed by atoms with Crippen molar-refractivity contribution in [1.29, 1.82) is 0 Å². The van der Waals surface area contributed by atoms with Crippen LogP contribution in [0, 0.1) is 0 Å². The molecule has 0 radical (unpaired) electrons. The van der Waals surface area contributed by atoms with E-state index in [2.05, 4.69) is 0 Å². The van der Waals surface area contributed by atoms with Crippen molar-refractivity contribution in [2.24, 2.45) is 0 Å². The monoisotopic (exact) mass is 158 g/mol. The first kappa shape index (κ1) is 8.50. The van der Waals surface area contributed by atoms with Crippen LogP contribution in [0.1, 0.15) is 6.92 Å². The zero-order valence-corrected chi connectivity index (χ0v) is 5.95. The summed E-state index contributed by atoms with van der Waals surface area (Å²) in [6.45, 7) is 1.00. The third-order valence-electron chi connectivity index (χ3n) is 0.732. The largest absolute Gasteiger partial charge is 0.395 e. The van der Waals surface area contributed by atoms with Gasteiger partial charge in [0, 0.05) is 0 Å². The molecule has 0 heterocycles. The highest BCUT2D eigenvalue weighted by molar-refractivity contribution is 6.31. The van der Waals surface area contributed by atoms with Gasteiger partial charge >= 0.3 is 0 Å². The van der Waals surface area contributed by atoms with Gasteiger partial charge in [-0.15, -0.1) is 11.6 Å². The van der Waals surface area contributed by atoms with Crippen molar-refractivity contribution in [1.82, 2.24) is 0 Å². The van der Waals surface area contributed by atoms with Crippen LogP contribution in [0.4, 0.5) is 0 Å². The van der Waals surface area contributed by atoms with Crippen LogP contribution < -0.4 is 0 Å². The van der Waals surface area contributed by atoms with Crippen LogP contribution in [-0.4, -0.2) is 27.3 Å². The number of hydrogen-bond acceptors (Lipinski definition) is 2. The highest BCUT2D eigenvalue weighted by atomic mass is 35.5. The summed E-state index contributed by atoms with van der Waals surface area (Å²) in [5.41, 5.74) is 0. The molecular formula is C4H8Cl2O2. The van der Waals surface area contributed by atoms with Crippen molar-refractivity contribution in [3.8, 4) is 0 Å². The Morgan fingerprint density at radius 2 is 2.12 bits per heavy atom. The van der Waals surface area contributed by atoms with Gasteiger partial charge in [0.15, 0.2) is 5.06 Å². The van der Waals surface area contributed by atoms with Crippen LogP contribution in [0.5, 0.6) is 0 Å². The molecular weight excluding hydrogens is 151 g/mol. The number of aliphatic hydroxyl groups is 2. The van der Waals surface area contributed by atoms with E-state index >= 15 is 0 Å². The van der Waals surface area contributed by atoms with Crippen LogP contribution in [0.2, 0.25) is 0 Å². The zero-order valence-electron chi connectivity index (χ0n) is 4.43. The molecule has 0 aromatic heterocycles. The van der Waals surface area contributed by atoms with E-state index in [0.717, 1.165) is 0 Å². The summed E-state index contributed by atoms with van der Waals surface area (Å²) in [4.78, 5) is 0. The van der Waals surface area contributed by atoms with E-state index in [0.29, 0.717) is 0 Å². The van der Waals surface area contributed by atoms with Crippen molar-refractivity contribution in [2.45, 2.75) is 17.4 Å². The molecule has 0 aromatic carbocycles. The molecule has 0 amide bonds. The highest BCUT2D eigenvalue weighted by Gasteiger charge is 2.25. The smallest absolute Gasteiger partial charge is 0.154 e. The Kier molecular flexibility index (Phi) is 3.05. The maximum Gasteiger partial charge on any atom is 0.154 e. The molecule has 0 aromatic rings. The van der Waals surface area contributed by atoms with Crippen molar-refractivity contribution < 1.29 is 10.2 Å². The van der Waals surface area contributed by atoms with Crippen molar-refractivity contribution >= 4 is 23.2 Å². The lowest BCUT2D eigenvalue weighted by molar-refractivity contribution is 0.116. The third kappa shape index (κ3) is 2.72. The summed E-state index contributed by atoms with van der Waals surface area (Å²) < 4.78 is 0. The van der Waals surface area contributed by atoms with Crippen molar-refractivity contribution in [3.05, 3.63) is 0 Å². The second kappa shape index (κ2) is 2.87. The van der Waals surface area contributed by atoms with Crippen LogP contribution in [0.15, 0.2) is 0 Å². The van der Waals surface area contributed by atoms with E-state index in [9.17, 15) is 0 Å². The summed E-state index contributed by atoms with van der Waals surface area (Å²) in [6, 6.07) is 0. The normalized spacial score (nSPS) is 22.1. The maximum absolute atomic E-state index is 8.76. The molecule has 0 aliphatic rings. The lowest BCUT2D eigenvalue weighted by Crippen LogP contribution is -2.31. The summed E-state index contributed by atoms with van der Waals surface area (Å²) in [6.07, 6.45) is 0. The van der Waals surface area contributed by atoms with E-state index in [-0.39, 0.29) is 6.61 Å². The first-order valence-electron chi connectivity index (χ1n) is 2.14. The van der Waals surface area contributed by atoms with Crippen LogP contribution in [-0.2, 0) is 0 Å². The molecule has 2 N–H and O–H groups in total. The molecule has 0 spiro atoms. The number of hydrogen-bond donors (Lipinski definition) is 2. The SMILES string of the molecule is CC(O)(Cl)C(Cl)CO. The number of alkyl halides is 2. The molecule has 2 unspecified atom stereocenters. The van der Waals surface area contributed by atoms with Gasteiger partial charge in [0.25, 0.3) is 0 Å². The van der Waals surface area contributed by atoms with Gasteiger partial charge in [-0.3, -0.25) is 0 Å². The highest BCUT2D eigenvalue weighted by Crippen LogP contribution is 2.19. The second-order valence-electron chi connectivity index (χ2n) is 1.67. The summed E-state index contributed by atoms with van der Waals surface area (Å²) >= 11 is 10.6. The fraction of sp³-hybridized carbons (Fsp3) is 1.00. The Labute approximate surface area is 58.0 Å². The van der Waals surface area contributed by atoms with E-state index in [1.54, 1.807) is 0 Å². The lowest BCUT2D eigenvalue weighted by atomic mass is 10.3. The molecule has 2 nitrogen and oxygen atoms in total. The van der Waals surface area contributed by atoms with Gasteiger partial charge in [-0.1, -0.05) is 11.6 Å². The first-order valence-corrected chi connectivity index (χ1v) is 2.96. The minimum Gasteiger partial charge on any atom is -0.395 e. The molecule has 0 aliphatic heterocycles. The molecule has 0 saturated heterocycles. The van der Waals surface area contributed by atoms with Crippen molar-refractivity contribution in [2.75, 3.05) is 6.61 Å². The van der Waals surface area contributed by atoms with E-state index < -0.39 is 10.4 Å². The van der Waals surface area contributed by atoms with E-state index in [4.69, 9.17) is 33.4 Å². The molecule has 2 atom stereocenters. The Morgan fingerprint density at radius 1 is 1.75 bits per heavy atom. The van der Waals surface area contributed by atoms with Gasteiger partial charge in [0.2, 0.25) is 0 Å². The predicted molar refractivity (Wildman–Crippen MR) is 33.2 cm³/mol. The van der Waals surface area contributed by atoms with Gasteiger partial charge < -0.3 is 10.2 Å². The minimum atomic E-state index is -1.50. The number of aliphatic hydroxyl groups excluding tert-OH is 1. The average Bonchev–Trinajstić information content (AvgIpc) is 1.62. The number of halogens is 2. The van der Waals surface area contributed by atoms with E-state index in [1.165, 1.54) is 6.92 Å². The lowest BCUT2D eigenvalue weighted by Gasteiger charge is -2.18. The molecule has 8 heavy (non-hydrogen) atoms. The second-order valence-corrected chi connectivity index (χ2v) is 2.97. The van der Waals surface area contributed by atoms with Crippen LogP contribution >= 0.6 is 23.2 Å². The van der Waals surface area contributed by atoms with Crippen LogP contribution in [0.3, 0.4) is 0 Å². The van der Waals surface area contributed by atoms with Gasteiger partial charge in [0.1, 0.15) is 0 Å². The van der Waals surface area contributed by atoms with Gasteiger partial charge in [-0.2, -0.15) is 0 Å². The van der Waals surface area contributed by atoms with E-state index in [1.807, 2.05) is 0 Å². The Balaban J connectivity index is 3.62. The predicted octanol–water partition coefficient (Wildman–Crippen LogP) is 0.533. The molecule has 0 aliphatic carbocycles. The third-order valence-corrected chi connectivity index (χ3v) is 1.67. The van der Waals surface area contributed by atoms with Gasteiger partial charge in [-0.25, -0.2) is 0 Å². The topological polar surface area (TPSA) is 40.5 Å². The summed E-state index contributed by atoms with van der Waals surface area (Å²) in [7, 11) is 0. The first-order chi connectivity index (χ1) is 3.48. The maximum atomic E-state index is 8.76. The Bertz CT molecular complexity index is 68.9. The Hall–Kier alpha value is 0.500. The molecule has 0 bridgehead atoms. The summed E-state index contributed by atoms with van der Waals surface area (Å²) in [5.74, 6) is 0. The molecule has 0 fully saturated rings. The van der Waals surface area contributed by atoms with Gasteiger partial charge in [0.05, 0.1) is 12.0 Å². The molecule has 4 heteroatoms. The molecule has 50 valence electrons.